The SMILES string of the molecule is O=C(CCCCCO)OCCOCCOCCOC(=O)CCCCCO. The van der Waals surface area contributed by atoms with Crippen molar-refractivity contribution in [2.45, 2.75) is 51.4 Å². The Bertz CT molecular complexity index is 303. The molecule has 0 aliphatic rings. The van der Waals surface area contributed by atoms with E-state index < -0.39 is 0 Å². The number of carbonyl (C=O) groups is 2. The molecule has 0 heterocycles. The number of esters is 2. The average Bonchev–Trinajstić information content (AvgIpc) is 2.64. The van der Waals surface area contributed by atoms with Crippen molar-refractivity contribution < 1.29 is 38.7 Å². The van der Waals surface area contributed by atoms with Gasteiger partial charge in [0.25, 0.3) is 0 Å². The Labute approximate surface area is 155 Å². The lowest BCUT2D eigenvalue weighted by Gasteiger charge is -2.08. The molecule has 0 saturated carbocycles. The first-order valence-corrected chi connectivity index (χ1v) is 9.39. The van der Waals surface area contributed by atoms with Gasteiger partial charge in [0.15, 0.2) is 0 Å². The first kappa shape index (κ1) is 24.8. The summed E-state index contributed by atoms with van der Waals surface area (Å²) in [6.45, 7) is 2.12. The van der Waals surface area contributed by atoms with Crippen molar-refractivity contribution in [2.24, 2.45) is 0 Å². The van der Waals surface area contributed by atoms with Crippen LogP contribution in [0, 0.1) is 0 Å². The Kier molecular flexibility index (Phi) is 19.2. The van der Waals surface area contributed by atoms with Crippen LogP contribution in [0.25, 0.3) is 0 Å². The van der Waals surface area contributed by atoms with Crippen molar-refractivity contribution in [3.63, 3.8) is 0 Å². The molecule has 0 aromatic carbocycles. The van der Waals surface area contributed by atoms with Crippen LogP contribution < -0.4 is 0 Å². The Balaban J connectivity index is 3.21. The van der Waals surface area contributed by atoms with Crippen LogP contribution in [0.5, 0.6) is 0 Å². The molecular weight excluding hydrogens is 344 g/mol. The summed E-state index contributed by atoms with van der Waals surface area (Å²) in [6.07, 6.45) is 5.23. The van der Waals surface area contributed by atoms with Crippen LogP contribution >= 0.6 is 0 Å². The Morgan fingerprint density at radius 3 is 1.31 bits per heavy atom. The molecule has 0 unspecified atom stereocenters. The van der Waals surface area contributed by atoms with Crippen LogP contribution in [0.4, 0.5) is 0 Å². The second-order valence-electron chi connectivity index (χ2n) is 5.73. The molecule has 0 aliphatic heterocycles. The van der Waals surface area contributed by atoms with Gasteiger partial charge < -0.3 is 29.2 Å². The van der Waals surface area contributed by atoms with Gasteiger partial charge in [0.1, 0.15) is 13.2 Å². The zero-order chi connectivity index (χ0) is 19.3. The maximum Gasteiger partial charge on any atom is 0.305 e. The quantitative estimate of drug-likeness (QED) is 0.255. The molecule has 0 aromatic rings. The Morgan fingerprint density at radius 1 is 0.538 bits per heavy atom. The van der Waals surface area contributed by atoms with Crippen molar-refractivity contribution >= 4 is 11.9 Å². The van der Waals surface area contributed by atoms with E-state index >= 15 is 0 Å². The molecule has 0 bridgehead atoms. The maximum atomic E-state index is 11.3. The summed E-state index contributed by atoms with van der Waals surface area (Å²) >= 11 is 0. The minimum atomic E-state index is -0.249. The zero-order valence-electron chi connectivity index (χ0n) is 15.7. The molecule has 0 aromatic heterocycles. The number of hydrogen-bond donors (Lipinski definition) is 2. The van der Waals surface area contributed by atoms with Gasteiger partial charge in [-0.15, -0.1) is 0 Å². The predicted octanol–water partition coefficient (Wildman–Crippen LogP) is 1.21. The second-order valence-corrected chi connectivity index (χ2v) is 5.73. The molecule has 0 rings (SSSR count). The lowest BCUT2D eigenvalue weighted by molar-refractivity contribution is -0.147. The molecular formula is C18H34O8. The highest BCUT2D eigenvalue weighted by Gasteiger charge is 2.03. The minimum absolute atomic E-state index is 0.152. The van der Waals surface area contributed by atoms with Crippen LogP contribution in [-0.2, 0) is 28.5 Å². The van der Waals surface area contributed by atoms with Crippen LogP contribution in [0.15, 0.2) is 0 Å². The lowest BCUT2D eigenvalue weighted by atomic mass is 10.2. The van der Waals surface area contributed by atoms with Gasteiger partial charge in [-0.3, -0.25) is 9.59 Å². The van der Waals surface area contributed by atoms with Gasteiger partial charge in [-0.25, -0.2) is 0 Å². The van der Waals surface area contributed by atoms with E-state index in [0.717, 1.165) is 25.7 Å². The minimum Gasteiger partial charge on any atom is -0.463 e. The highest BCUT2D eigenvalue weighted by molar-refractivity contribution is 5.69. The highest BCUT2D eigenvalue weighted by Crippen LogP contribution is 2.01. The standard InChI is InChI=1S/C18H34O8/c19-9-5-1-3-7-17(21)25-15-13-23-11-12-24-14-16-26-18(22)8-4-2-6-10-20/h19-20H,1-16H2. The van der Waals surface area contributed by atoms with Crippen LogP contribution in [-0.4, -0.2) is 75.0 Å². The zero-order valence-corrected chi connectivity index (χ0v) is 15.7. The third-order valence-electron chi connectivity index (χ3n) is 3.43. The first-order chi connectivity index (χ1) is 12.7. The van der Waals surface area contributed by atoms with E-state index in [1.807, 2.05) is 0 Å². The molecule has 0 saturated heterocycles. The Morgan fingerprint density at radius 2 is 0.923 bits per heavy atom. The summed E-state index contributed by atoms with van der Waals surface area (Å²) < 4.78 is 20.5. The fraction of sp³-hybridized carbons (Fsp3) is 0.889. The number of carbonyl (C=O) groups excluding carboxylic acids is 2. The predicted molar refractivity (Wildman–Crippen MR) is 94.7 cm³/mol. The van der Waals surface area contributed by atoms with E-state index in [1.54, 1.807) is 0 Å². The molecule has 26 heavy (non-hydrogen) atoms. The summed E-state index contributed by atoms with van der Waals surface area (Å²) in [5.41, 5.74) is 0. The fourth-order valence-electron chi connectivity index (χ4n) is 2.01. The van der Waals surface area contributed by atoms with E-state index in [4.69, 9.17) is 29.2 Å². The van der Waals surface area contributed by atoms with Crippen molar-refractivity contribution in [1.82, 2.24) is 0 Å². The van der Waals surface area contributed by atoms with Crippen molar-refractivity contribution in [3.8, 4) is 0 Å². The molecule has 154 valence electrons. The molecule has 8 heteroatoms. The van der Waals surface area contributed by atoms with E-state index in [-0.39, 0.29) is 38.4 Å². The molecule has 0 aliphatic carbocycles. The smallest absolute Gasteiger partial charge is 0.305 e. The largest absolute Gasteiger partial charge is 0.463 e. The van der Waals surface area contributed by atoms with E-state index in [2.05, 4.69) is 0 Å². The summed E-state index contributed by atoms with van der Waals surface area (Å²) in [4.78, 5) is 22.7. The third-order valence-corrected chi connectivity index (χ3v) is 3.43. The number of aliphatic hydroxyl groups is 2. The topological polar surface area (TPSA) is 112 Å². The number of hydrogen-bond acceptors (Lipinski definition) is 8. The fourth-order valence-corrected chi connectivity index (χ4v) is 2.01. The van der Waals surface area contributed by atoms with Gasteiger partial charge in [0.05, 0.1) is 26.4 Å². The molecule has 0 spiro atoms. The second kappa shape index (κ2) is 20.1. The Hall–Kier alpha value is -1.22. The van der Waals surface area contributed by atoms with Crippen molar-refractivity contribution in [1.29, 1.82) is 0 Å². The monoisotopic (exact) mass is 378 g/mol. The van der Waals surface area contributed by atoms with Gasteiger partial charge in [0.2, 0.25) is 0 Å². The molecule has 0 fully saturated rings. The van der Waals surface area contributed by atoms with Gasteiger partial charge in [-0.05, 0) is 25.7 Å². The number of rotatable bonds is 19. The average molecular weight is 378 g/mol. The lowest BCUT2D eigenvalue weighted by Crippen LogP contribution is -2.15. The first-order valence-electron chi connectivity index (χ1n) is 9.39. The molecule has 2 N–H and O–H groups in total. The van der Waals surface area contributed by atoms with Gasteiger partial charge in [-0.1, -0.05) is 12.8 Å². The number of aliphatic hydroxyl groups excluding tert-OH is 2. The number of ether oxygens (including phenoxy) is 4. The van der Waals surface area contributed by atoms with E-state index in [9.17, 15) is 9.59 Å². The summed E-state index contributed by atoms with van der Waals surface area (Å²) in [5, 5.41) is 17.2. The van der Waals surface area contributed by atoms with Gasteiger partial charge in [-0.2, -0.15) is 0 Å². The normalized spacial score (nSPS) is 10.7. The summed E-state index contributed by atoms with van der Waals surface area (Å²) in [6, 6.07) is 0. The van der Waals surface area contributed by atoms with E-state index in [1.165, 1.54) is 0 Å². The highest BCUT2D eigenvalue weighted by atomic mass is 16.6. The van der Waals surface area contributed by atoms with Gasteiger partial charge >= 0.3 is 11.9 Å². The molecule has 8 nitrogen and oxygen atoms in total. The van der Waals surface area contributed by atoms with Crippen molar-refractivity contribution in [3.05, 3.63) is 0 Å². The third kappa shape index (κ3) is 19.1. The van der Waals surface area contributed by atoms with Crippen molar-refractivity contribution in [2.75, 3.05) is 52.9 Å². The van der Waals surface area contributed by atoms with Gasteiger partial charge in [0, 0.05) is 26.1 Å². The van der Waals surface area contributed by atoms with Crippen LogP contribution in [0.3, 0.4) is 0 Å². The van der Waals surface area contributed by atoms with E-state index in [0.29, 0.717) is 52.1 Å². The molecule has 0 radical (unpaired) electrons. The summed E-state index contributed by atoms with van der Waals surface area (Å²) in [5.74, 6) is -0.498. The van der Waals surface area contributed by atoms with Crippen LogP contribution in [0.1, 0.15) is 51.4 Å². The number of unbranched alkanes of at least 4 members (excludes halogenated alkanes) is 4. The molecule has 0 amide bonds. The maximum absolute atomic E-state index is 11.3. The summed E-state index contributed by atoms with van der Waals surface area (Å²) in [7, 11) is 0. The molecule has 0 atom stereocenters. The van der Waals surface area contributed by atoms with Crippen LogP contribution in [0.2, 0.25) is 0 Å².